The van der Waals surface area contributed by atoms with Crippen LogP contribution >= 0.6 is 11.6 Å². The van der Waals surface area contributed by atoms with Gasteiger partial charge in [0.1, 0.15) is 11.4 Å². The van der Waals surface area contributed by atoms with Gasteiger partial charge in [-0.15, -0.1) is 0 Å². The van der Waals surface area contributed by atoms with Crippen LogP contribution in [0.2, 0.25) is 5.02 Å². The van der Waals surface area contributed by atoms with Crippen LogP contribution in [0.15, 0.2) is 66.7 Å². The maximum Gasteiger partial charge on any atom is 0.276 e. The lowest BCUT2D eigenvalue weighted by molar-refractivity contribution is 0.0988. The molecule has 0 saturated heterocycles. The zero-order valence-corrected chi connectivity index (χ0v) is 15.7. The summed E-state index contributed by atoms with van der Waals surface area (Å²) in [5.74, 6) is -0.707. The van der Waals surface area contributed by atoms with Crippen molar-refractivity contribution in [1.29, 1.82) is 0 Å². The van der Waals surface area contributed by atoms with Crippen molar-refractivity contribution in [2.45, 2.75) is 6.92 Å². The molecule has 0 saturated carbocycles. The molecule has 0 aliphatic rings. The molecule has 0 fully saturated rings. The van der Waals surface area contributed by atoms with E-state index in [2.05, 4.69) is 10.3 Å². The average molecular weight is 380 g/mol. The van der Waals surface area contributed by atoms with Crippen LogP contribution in [0.25, 0.3) is 0 Å². The number of aromatic nitrogens is 1. The third-order valence-corrected chi connectivity index (χ3v) is 4.49. The Kier molecular flexibility index (Phi) is 5.52. The first kappa shape index (κ1) is 18.6. The molecule has 2 aromatic carbocycles. The predicted octanol–water partition coefficient (Wildman–Crippen LogP) is 4.57. The van der Waals surface area contributed by atoms with E-state index in [0.29, 0.717) is 10.7 Å². The standard InChI is InChI=1S/C21H18ClN3O2/c1-14-11-12-15(13-17(14)22)23-20(26)18-9-6-10-19(24-18)21(27)25(2)16-7-4-3-5-8-16/h3-13H,1-2H3,(H,23,26). The molecule has 1 N–H and O–H groups in total. The summed E-state index contributed by atoms with van der Waals surface area (Å²) in [4.78, 5) is 30.9. The van der Waals surface area contributed by atoms with Crippen molar-refractivity contribution >= 4 is 34.8 Å². The summed E-state index contributed by atoms with van der Waals surface area (Å²) in [5.41, 5.74) is 2.57. The molecular formula is C21H18ClN3O2. The van der Waals surface area contributed by atoms with Gasteiger partial charge in [0.25, 0.3) is 11.8 Å². The lowest BCUT2D eigenvalue weighted by atomic mass is 10.2. The molecule has 5 nitrogen and oxygen atoms in total. The molecule has 3 rings (SSSR count). The molecule has 0 bridgehead atoms. The Morgan fingerprint density at radius 2 is 1.67 bits per heavy atom. The number of benzene rings is 2. The summed E-state index contributed by atoms with van der Waals surface area (Å²) in [6, 6.07) is 19.3. The van der Waals surface area contributed by atoms with Gasteiger partial charge in [-0.3, -0.25) is 9.59 Å². The molecule has 1 heterocycles. The van der Waals surface area contributed by atoms with Gasteiger partial charge in [0.15, 0.2) is 0 Å². The molecule has 27 heavy (non-hydrogen) atoms. The molecule has 0 spiro atoms. The minimum atomic E-state index is -0.410. The first-order valence-electron chi connectivity index (χ1n) is 8.33. The number of carbonyl (C=O) groups excluding carboxylic acids is 2. The van der Waals surface area contributed by atoms with Crippen LogP contribution in [0.1, 0.15) is 26.5 Å². The van der Waals surface area contributed by atoms with Gasteiger partial charge in [0, 0.05) is 23.4 Å². The van der Waals surface area contributed by atoms with Crippen LogP contribution in [0.4, 0.5) is 11.4 Å². The van der Waals surface area contributed by atoms with E-state index >= 15 is 0 Å². The second-order valence-electron chi connectivity index (χ2n) is 6.03. The predicted molar refractivity (Wildman–Crippen MR) is 108 cm³/mol. The van der Waals surface area contributed by atoms with E-state index in [1.807, 2.05) is 43.3 Å². The van der Waals surface area contributed by atoms with Crippen molar-refractivity contribution in [3.63, 3.8) is 0 Å². The third kappa shape index (κ3) is 4.33. The summed E-state index contributed by atoms with van der Waals surface area (Å²) in [6.45, 7) is 1.88. The van der Waals surface area contributed by atoms with Gasteiger partial charge in [-0.05, 0) is 48.9 Å². The van der Waals surface area contributed by atoms with E-state index in [1.54, 1.807) is 37.4 Å². The van der Waals surface area contributed by atoms with E-state index in [9.17, 15) is 9.59 Å². The second-order valence-corrected chi connectivity index (χ2v) is 6.43. The molecule has 0 aliphatic heterocycles. The number of anilines is 2. The molecule has 0 radical (unpaired) electrons. The van der Waals surface area contributed by atoms with Crippen LogP contribution in [-0.4, -0.2) is 23.8 Å². The molecule has 136 valence electrons. The fourth-order valence-electron chi connectivity index (χ4n) is 2.49. The van der Waals surface area contributed by atoms with Gasteiger partial charge in [0.05, 0.1) is 0 Å². The lowest BCUT2D eigenvalue weighted by Crippen LogP contribution is -2.27. The van der Waals surface area contributed by atoms with Gasteiger partial charge in [-0.25, -0.2) is 4.98 Å². The quantitative estimate of drug-likeness (QED) is 0.722. The van der Waals surface area contributed by atoms with E-state index < -0.39 is 5.91 Å². The minimum Gasteiger partial charge on any atom is -0.321 e. The highest BCUT2D eigenvalue weighted by Crippen LogP contribution is 2.20. The third-order valence-electron chi connectivity index (χ3n) is 4.08. The first-order valence-corrected chi connectivity index (χ1v) is 8.71. The molecule has 0 aliphatic carbocycles. The molecule has 2 amide bonds. The van der Waals surface area contributed by atoms with Crippen molar-refractivity contribution < 1.29 is 9.59 Å². The second kappa shape index (κ2) is 8.01. The minimum absolute atomic E-state index is 0.152. The number of carbonyl (C=O) groups is 2. The van der Waals surface area contributed by atoms with Gasteiger partial charge < -0.3 is 10.2 Å². The molecule has 1 aromatic heterocycles. The monoisotopic (exact) mass is 379 g/mol. The fourth-order valence-corrected chi connectivity index (χ4v) is 2.67. The number of halogens is 1. The smallest absolute Gasteiger partial charge is 0.276 e. The topological polar surface area (TPSA) is 62.3 Å². The van der Waals surface area contributed by atoms with Crippen LogP contribution in [-0.2, 0) is 0 Å². The van der Waals surface area contributed by atoms with Crippen molar-refractivity contribution in [2.24, 2.45) is 0 Å². The zero-order valence-electron chi connectivity index (χ0n) is 14.9. The number of pyridine rings is 1. The van der Waals surface area contributed by atoms with E-state index in [1.165, 1.54) is 4.90 Å². The Balaban J connectivity index is 1.79. The summed E-state index contributed by atoms with van der Waals surface area (Å²) in [7, 11) is 1.67. The zero-order chi connectivity index (χ0) is 19.4. The van der Waals surface area contributed by atoms with Gasteiger partial charge in [0.2, 0.25) is 0 Å². The van der Waals surface area contributed by atoms with E-state index in [-0.39, 0.29) is 17.3 Å². The normalized spacial score (nSPS) is 10.3. The average Bonchev–Trinajstić information content (AvgIpc) is 2.70. The number of nitrogens with one attached hydrogen (secondary N) is 1. The number of para-hydroxylation sites is 1. The van der Waals surface area contributed by atoms with Gasteiger partial charge >= 0.3 is 0 Å². The summed E-state index contributed by atoms with van der Waals surface area (Å²) in [5, 5.41) is 3.31. The Labute approximate surface area is 162 Å². The van der Waals surface area contributed by atoms with Gasteiger partial charge in [-0.2, -0.15) is 0 Å². The highest BCUT2D eigenvalue weighted by molar-refractivity contribution is 6.31. The maximum atomic E-state index is 12.7. The number of aryl methyl sites for hydroxylation is 1. The maximum absolute atomic E-state index is 12.7. The summed E-state index contributed by atoms with van der Waals surface area (Å²) < 4.78 is 0. The number of amides is 2. The van der Waals surface area contributed by atoms with Crippen LogP contribution < -0.4 is 10.2 Å². The van der Waals surface area contributed by atoms with E-state index in [0.717, 1.165) is 11.3 Å². The molecule has 3 aromatic rings. The number of rotatable bonds is 4. The fraction of sp³-hybridized carbons (Fsp3) is 0.0952. The summed E-state index contributed by atoms with van der Waals surface area (Å²) >= 11 is 6.09. The molecule has 6 heteroatoms. The SMILES string of the molecule is Cc1ccc(NC(=O)c2cccc(C(=O)N(C)c3ccccc3)n2)cc1Cl. The van der Waals surface area contributed by atoms with Crippen molar-refractivity contribution in [2.75, 3.05) is 17.3 Å². The van der Waals surface area contributed by atoms with Crippen LogP contribution in [0, 0.1) is 6.92 Å². The first-order chi connectivity index (χ1) is 13.0. The highest BCUT2D eigenvalue weighted by Gasteiger charge is 2.17. The Hall–Kier alpha value is -3.18. The van der Waals surface area contributed by atoms with Crippen LogP contribution in [0.3, 0.4) is 0 Å². The molecule has 0 unspecified atom stereocenters. The lowest BCUT2D eigenvalue weighted by Gasteiger charge is -2.17. The molecular weight excluding hydrogens is 362 g/mol. The molecule has 0 atom stereocenters. The van der Waals surface area contributed by atoms with Crippen LogP contribution in [0.5, 0.6) is 0 Å². The Morgan fingerprint density at radius 1 is 0.963 bits per heavy atom. The van der Waals surface area contributed by atoms with Gasteiger partial charge in [-0.1, -0.05) is 41.9 Å². The Bertz CT molecular complexity index is 990. The number of hydrogen-bond donors (Lipinski definition) is 1. The van der Waals surface area contributed by atoms with E-state index in [4.69, 9.17) is 11.6 Å². The highest BCUT2D eigenvalue weighted by atomic mass is 35.5. The van der Waals surface area contributed by atoms with Crippen molar-refractivity contribution in [1.82, 2.24) is 4.98 Å². The number of nitrogens with zero attached hydrogens (tertiary/aromatic N) is 2. The summed E-state index contributed by atoms with van der Waals surface area (Å²) in [6.07, 6.45) is 0. The number of hydrogen-bond acceptors (Lipinski definition) is 3. The van der Waals surface area contributed by atoms with Crippen molar-refractivity contribution in [3.8, 4) is 0 Å². The van der Waals surface area contributed by atoms with Crippen molar-refractivity contribution in [3.05, 3.63) is 88.7 Å². The Morgan fingerprint density at radius 3 is 2.37 bits per heavy atom. The largest absolute Gasteiger partial charge is 0.321 e.